The van der Waals surface area contributed by atoms with E-state index in [0.717, 1.165) is 31.2 Å². The van der Waals surface area contributed by atoms with E-state index in [2.05, 4.69) is 36.3 Å². The van der Waals surface area contributed by atoms with Gasteiger partial charge in [-0.2, -0.15) is 0 Å². The first-order valence-corrected chi connectivity index (χ1v) is 8.87. The Morgan fingerprint density at radius 1 is 1.13 bits per heavy atom. The quantitative estimate of drug-likeness (QED) is 0.580. The third kappa shape index (κ3) is 5.24. The second kappa shape index (κ2) is 9.57. The van der Waals surface area contributed by atoms with Crippen LogP contribution in [0.5, 0.6) is 5.75 Å². The summed E-state index contributed by atoms with van der Waals surface area (Å²) in [6, 6.07) is 9.00. The van der Waals surface area contributed by atoms with Gasteiger partial charge in [0, 0.05) is 19.1 Å². The summed E-state index contributed by atoms with van der Waals surface area (Å²) in [7, 11) is 1.71. The van der Waals surface area contributed by atoms with E-state index < -0.39 is 0 Å². The molecule has 1 saturated carbocycles. The number of nitrogens with zero attached hydrogens (tertiary/aromatic N) is 1. The minimum atomic E-state index is 0.577. The molecular formula is C21H31NO. The van der Waals surface area contributed by atoms with Crippen molar-refractivity contribution < 1.29 is 4.74 Å². The molecule has 0 aliphatic heterocycles. The molecule has 0 spiro atoms. The van der Waals surface area contributed by atoms with E-state index in [1.54, 1.807) is 7.11 Å². The van der Waals surface area contributed by atoms with E-state index in [0.29, 0.717) is 6.04 Å². The van der Waals surface area contributed by atoms with Crippen molar-refractivity contribution in [2.24, 2.45) is 5.92 Å². The molecule has 1 aliphatic rings. The summed E-state index contributed by atoms with van der Waals surface area (Å²) in [6.45, 7) is 9.86. The van der Waals surface area contributed by atoms with Crippen molar-refractivity contribution >= 4 is 0 Å². The molecule has 126 valence electrons. The Morgan fingerprint density at radius 3 is 2.39 bits per heavy atom. The van der Waals surface area contributed by atoms with Gasteiger partial charge in [0.2, 0.25) is 0 Å². The van der Waals surface area contributed by atoms with Gasteiger partial charge in [-0.3, -0.25) is 4.90 Å². The van der Waals surface area contributed by atoms with Crippen molar-refractivity contribution in [3.63, 3.8) is 0 Å². The molecule has 2 rings (SSSR count). The predicted molar refractivity (Wildman–Crippen MR) is 98.8 cm³/mol. The molecular weight excluding hydrogens is 282 g/mol. The Balaban J connectivity index is 2.11. The lowest BCUT2D eigenvalue weighted by molar-refractivity contribution is 0.123. The summed E-state index contributed by atoms with van der Waals surface area (Å²) in [6.07, 6.45) is 12.0. The smallest absolute Gasteiger partial charge is 0.118 e. The fraction of sp³-hybridized carbons (Fsp3) is 0.524. The number of hydrogen-bond acceptors (Lipinski definition) is 2. The zero-order chi connectivity index (χ0) is 16.5. The van der Waals surface area contributed by atoms with E-state index >= 15 is 0 Å². The molecule has 0 amide bonds. The maximum atomic E-state index is 5.26. The highest BCUT2D eigenvalue weighted by Gasteiger charge is 2.27. The van der Waals surface area contributed by atoms with Crippen LogP contribution in [-0.4, -0.2) is 24.6 Å². The van der Waals surface area contributed by atoms with Crippen LogP contribution < -0.4 is 4.74 Å². The van der Waals surface area contributed by atoms with Crippen LogP contribution in [0.3, 0.4) is 0 Å². The van der Waals surface area contributed by atoms with Crippen molar-refractivity contribution in [2.75, 3.05) is 13.7 Å². The zero-order valence-corrected chi connectivity index (χ0v) is 14.5. The normalized spacial score (nSPS) is 17.0. The Morgan fingerprint density at radius 2 is 1.83 bits per heavy atom. The van der Waals surface area contributed by atoms with E-state index in [4.69, 9.17) is 4.74 Å². The molecule has 1 fully saturated rings. The first-order chi connectivity index (χ1) is 11.3. The van der Waals surface area contributed by atoms with Gasteiger partial charge < -0.3 is 4.74 Å². The highest BCUT2D eigenvalue weighted by Crippen LogP contribution is 2.31. The van der Waals surface area contributed by atoms with Gasteiger partial charge in [-0.25, -0.2) is 0 Å². The lowest BCUT2D eigenvalue weighted by Gasteiger charge is -2.38. The van der Waals surface area contributed by atoms with Gasteiger partial charge in [-0.15, -0.1) is 13.2 Å². The van der Waals surface area contributed by atoms with Crippen molar-refractivity contribution in [1.82, 2.24) is 4.90 Å². The minimum Gasteiger partial charge on any atom is -0.497 e. The summed E-state index contributed by atoms with van der Waals surface area (Å²) >= 11 is 0. The topological polar surface area (TPSA) is 12.5 Å². The van der Waals surface area contributed by atoms with Gasteiger partial charge >= 0.3 is 0 Å². The number of rotatable bonds is 9. The molecule has 1 aromatic carbocycles. The predicted octanol–water partition coefficient (Wildman–Crippen LogP) is 5.21. The van der Waals surface area contributed by atoms with Crippen LogP contribution in [0.1, 0.15) is 44.1 Å². The van der Waals surface area contributed by atoms with Crippen molar-refractivity contribution in [1.29, 1.82) is 0 Å². The molecule has 0 aromatic heterocycles. The van der Waals surface area contributed by atoms with Crippen LogP contribution in [0.15, 0.2) is 49.6 Å². The second-order valence-electron chi connectivity index (χ2n) is 6.56. The van der Waals surface area contributed by atoms with Crippen LogP contribution in [0.4, 0.5) is 0 Å². The Kier molecular flexibility index (Phi) is 7.41. The third-order valence-corrected chi connectivity index (χ3v) is 4.98. The van der Waals surface area contributed by atoms with E-state index in [1.807, 2.05) is 18.2 Å². The van der Waals surface area contributed by atoms with Crippen LogP contribution in [-0.2, 0) is 6.54 Å². The molecule has 1 unspecified atom stereocenters. The fourth-order valence-electron chi connectivity index (χ4n) is 3.78. The molecule has 1 aromatic rings. The van der Waals surface area contributed by atoms with Gasteiger partial charge in [0.1, 0.15) is 5.75 Å². The van der Waals surface area contributed by atoms with Gasteiger partial charge in [0.05, 0.1) is 7.11 Å². The summed E-state index contributed by atoms with van der Waals surface area (Å²) < 4.78 is 5.26. The maximum Gasteiger partial charge on any atom is 0.118 e. The average Bonchev–Trinajstić information content (AvgIpc) is 2.61. The fourth-order valence-corrected chi connectivity index (χ4v) is 3.78. The third-order valence-electron chi connectivity index (χ3n) is 4.98. The van der Waals surface area contributed by atoms with Gasteiger partial charge in [0.25, 0.3) is 0 Å². The van der Waals surface area contributed by atoms with E-state index in [-0.39, 0.29) is 0 Å². The molecule has 0 radical (unpaired) electrons. The summed E-state index contributed by atoms with van der Waals surface area (Å²) in [5.41, 5.74) is 1.33. The molecule has 0 heterocycles. The lowest BCUT2D eigenvalue weighted by Crippen LogP contribution is -2.41. The molecule has 2 heteroatoms. The molecule has 1 aliphatic carbocycles. The number of benzene rings is 1. The molecule has 2 nitrogen and oxygen atoms in total. The maximum absolute atomic E-state index is 5.26. The molecule has 0 N–H and O–H groups in total. The minimum absolute atomic E-state index is 0.577. The van der Waals surface area contributed by atoms with Crippen LogP contribution >= 0.6 is 0 Å². The van der Waals surface area contributed by atoms with Crippen LogP contribution in [0.2, 0.25) is 0 Å². The number of hydrogen-bond donors (Lipinski definition) is 0. The number of methoxy groups -OCH3 is 1. The van der Waals surface area contributed by atoms with Crippen molar-refractivity contribution in [3.8, 4) is 5.75 Å². The lowest BCUT2D eigenvalue weighted by atomic mass is 9.81. The van der Waals surface area contributed by atoms with E-state index in [1.165, 1.54) is 37.7 Å². The second-order valence-corrected chi connectivity index (χ2v) is 6.56. The Labute approximate surface area is 141 Å². The molecule has 0 saturated heterocycles. The van der Waals surface area contributed by atoms with E-state index in [9.17, 15) is 0 Å². The Bertz CT molecular complexity index is 473. The summed E-state index contributed by atoms with van der Waals surface area (Å²) in [4.78, 5) is 2.58. The highest BCUT2D eigenvalue weighted by atomic mass is 16.5. The van der Waals surface area contributed by atoms with Gasteiger partial charge in [-0.1, -0.05) is 43.5 Å². The van der Waals surface area contributed by atoms with Crippen LogP contribution in [0, 0.1) is 5.92 Å². The standard InChI is InChI=1S/C21H31NO/c1-4-9-21(19-10-7-6-8-11-19)22(16-5-2)17-18-12-14-20(23-3)15-13-18/h4-5,12-15,19,21H,1-2,6-11,16-17H2,3H3. The first kappa shape index (κ1) is 17.8. The van der Waals surface area contributed by atoms with Gasteiger partial charge in [0.15, 0.2) is 0 Å². The molecule has 1 atom stereocenters. The average molecular weight is 313 g/mol. The molecule has 0 bridgehead atoms. The summed E-state index contributed by atoms with van der Waals surface area (Å²) in [5.74, 6) is 1.71. The number of ether oxygens (including phenoxy) is 1. The molecule has 23 heavy (non-hydrogen) atoms. The van der Waals surface area contributed by atoms with Gasteiger partial charge in [-0.05, 0) is 42.9 Å². The van der Waals surface area contributed by atoms with Crippen LogP contribution in [0.25, 0.3) is 0 Å². The monoisotopic (exact) mass is 313 g/mol. The SMILES string of the molecule is C=CCC(C1CCCCC1)N(CC=C)Cc1ccc(OC)cc1. The van der Waals surface area contributed by atoms with Crippen molar-refractivity contribution in [2.45, 2.75) is 51.1 Å². The van der Waals surface area contributed by atoms with Crippen molar-refractivity contribution in [3.05, 3.63) is 55.1 Å². The Hall–Kier alpha value is -1.54. The summed E-state index contributed by atoms with van der Waals surface area (Å²) in [5, 5.41) is 0. The largest absolute Gasteiger partial charge is 0.497 e. The highest BCUT2D eigenvalue weighted by molar-refractivity contribution is 5.27. The zero-order valence-electron chi connectivity index (χ0n) is 14.5. The first-order valence-electron chi connectivity index (χ1n) is 8.87.